The zero-order chi connectivity index (χ0) is 19.4. The van der Waals surface area contributed by atoms with E-state index in [0.717, 1.165) is 29.5 Å². The SMILES string of the molecule is Cc1ccc([C@H](NC(=O)[C@H](NC(=O)C2CC2)[C@@H](C)O)c2ccccc2)cc1. The van der Waals surface area contributed by atoms with Gasteiger partial charge >= 0.3 is 0 Å². The van der Waals surface area contributed by atoms with Crippen LogP contribution < -0.4 is 10.6 Å². The number of rotatable bonds is 7. The maximum Gasteiger partial charge on any atom is 0.246 e. The average molecular weight is 366 g/mol. The predicted octanol–water partition coefficient (Wildman–Crippen LogP) is 2.48. The summed E-state index contributed by atoms with van der Waals surface area (Å²) in [5.74, 6) is -0.586. The Balaban J connectivity index is 1.82. The first-order chi connectivity index (χ1) is 13.0. The number of carbonyl (C=O) groups is 2. The minimum absolute atomic E-state index is 0.0268. The minimum atomic E-state index is -0.984. The molecule has 142 valence electrons. The van der Waals surface area contributed by atoms with Gasteiger partial charge in [0.05, 0.1) is 12.1 Å². The van der Waals surface area contributed by atoms with Crippen molar-refractivity contribution in [3.05, 3.63) is 71.3 Å². The second kappa shape index (κ2) is 8.35. The van der Waals surface area contributed by atoms with Gasteiger partial charge in [0.1, 0.15) is 6.04 Å². The van der Waals surface area contributed by atoms with Crippen LogP contribution in [-0.2, 0) is 9.59 Å². The monoisotopic (exact) mass is 366 g/mol. The number of nitrogens with one attached hydrogen (secondary N) is 2. The van der Waals surface area contributed by atoms with Gasteiger partial charge in [0.15, 0.2) is 0 Å². The van der Waals surface area contributed by atoms with E-state index in [1.54, 1.807) is 0 Å². The Hall–Kier alpha value is -2.66. The first-order valence-electron chi connectivity index (χ1n) is 9.36. The molecular weight excluding hydrogens is 340 g/mol. The van der Waals surface area contributed by atoms with Crippen molar-refractivity contribution in [2.45, 2.75) is 44.9 Å². The molecule has 0 aliphatic heterocycles. The number of hydrogen-bond acceptors (Lipinski definition) is 3. The van der Waals surface area contributed by atoms with Crippen LogP contribution in [0, 0.1) is 12.8 Å². The molecule has 5 nitrogen and oxygen atoms in total. The predicted molar refractivity (Wildman–Crippen MR) is 104 cm³/mol. The van der Waals surface area contributed by atoms with Crippen LogP contribution >= 0.6 is 0 Å². The molecule has 1 aliphatic carbocycles. The highest BCUT2D eigenvalue weighted by molar-refractivity contribution is 5.90. The lowest BCUT2D eigenvalue weighted by molar-refractivity contribution is -0.132. The fraction of sp³-hybridized carbons (Fsp3) is 0.364. The van der Waals surface area contributed by atoms with Gasteiger partial charge in [-0.15, -0.1) is 0 Å². The Morgan fingerprint density at radius 2 is 1.56 bits per heavy atom. The first kappa shape index (κ1) is 19.1. The zero-order valence-electron chi connectivity index (χ0n) is 15.7. The van der Waals surface area contributed by atoms with E-state index in [1.807, 2.05) is 61.5 Å². The van der Waals surface area contributed by atoms with E-state index >= 15 is 0 Å². The fourth-order valence-corrected chi connectivity index (χ4v) is 3.02. The third-order valence-electron chi connectivity index (χ3n) is 4.84. The molecule has 3 atom stereocenters. The van der Waals surface area contributed by atoms with Crippen molar-refractivity contribution in [2.75, 3.05) is 0 Å². The van der Waals surface area contributed by atoms with Gasteiger partial charge in [-0.05, 0) is 37.8 Å². The summed E-state index contributed by atoms with van der Waals surface area (Å²) in [5.41, 5.74) is 3.01. The highest BCUT2D eigenvalue weighted by Gasteiger charge is 2.35. The van der Waals surface area contributed by atoms with Crippen LogP contribution in [0.25, 0.3) is 0 Å². The molecule has 0 spiro atoms. The van der Waals surface area contributed by atoms with Gasteiger partial charge in [-0.3, -0.25) is 9.59 Å². The summed E-state index contributed by atoms with van der Waals surface area (Å²) in [6, 6.07) is 16.3. The quantitative estimate of drug-likeness (QED) is 0.704. The molecule has 2 aromatic carbocycles. The van der Waals surface area contributed by atoms with Gasteiger partial charge in [-0.2, -0.15) is 0 Å². The largest absolute Gasteiger partial charge is 0.391 e. The molecule has 0 unspecified atom stereocenters. The van der Waals surface area contributed by atoms with Crippen molar-refractivity contribution in [3.8, 4) is 0 Å². The maximum absolute atomic E-state index is 12.9. The Morgan fingerprint density at radius 1 is 0.963 bits per heavy atom. The van der Waals surface area contributed by atoms with Crippen LogP contribution in [-0.4, -0.2) is 29.1 Å². The van der Waals surface area contributed by atoms with E-state index in [9.17, 15) is 14.7 Å². The smallest absolute Gasteiger partial charge is 0.246 e. The average Bonchev–Trinajstić information content (AvgIpc) is 3.50. The molecule has 0 saturated heterocycles. The van der Waals surface area contributed by atoms with Crippen LogP contribution in [0.2, 0.25) is 0 Å². The van der Waals surface area contributed by atoms with Gasteiger partial charge in [0, 0.05) is 5.92 Å². The second-order valence-electron chi connectivity index (χ2n) is 7.26. The van der Waals surface area contributed by atoms with Crippen molar-refractivity contribution in [3.63, 3.8) is 0 Å². The van der Waals surface area contributed by atoms with Gasteiger partial charge in [-0.1, -0.05) is 60.2 Å². The van der Waals surface area contributed by atoms with Gasteiger partial charge in [0.25, 0.3) is 0 Å². The second-order valence-corrected chi connectivity index (χ2v) is 7.26. The number of carbonyl (C=O) groups excluding carboxylic acids is 2. The molecule has 5 heteroatoms. The van der Waals surface area contributed by atoms with Crippen molar-refractivity contribution in [2.24, 2.45) is 5.92 Å². The lowest BCUT2D eigenvalue weighted by atomic mass is 9.97. The molecule has 0 bridgehead atoms. The summed E-state index contributed by atoms with van der Waals surface area (Å²) in [6.07, 6.45) is 0.702. The molecule has 0 heterocycles. The van der Waals surface area contributed by atoms with E-state index in [-0.39, 0.29) is 17.9 Å². The standard InChI is InChI=1S/C22H26N2O3/c1-14-8-10-17(11-9-14)20(16-6-4-3-5-7-16)24-22(27)19(15(2)25)23-21(26)18-12-13-18/h3-11,15,18-20,25H,12-13H2,1-2H3,(H,23,26)(H,24,27)/t15-,19-,20-/m1/s1. The number of hydrogen-bond donors (Lipinski definition) is 3. The topological polar surface area (TPSA) is 78.4 Å². The summed E-state index contributed by atoms with van der Waals surface area (Å²) in [6.45, 7) is 3.53. The summed E-state index contributed by atoms with van der Waals surface area (Å²) in [5, 5.41) is 15.7. The Labute approximate surface area is 159 Å². The molecule has 1 aliphatic rings. The lowest BCUT2D eigenvalue weighted by Crippen LogP contribution is -2.53. The molecular formula is C22H26N2O3. The van der Waals surface area contributed by atoms with Crippen LogP contribution in [0.5, 0.6) is 0 Å². The van der Waals surface area contributed by atoms with E-state index < -0.39 is 18.1 Å². The fourth-order valence-electron chi connectivity index (χ4n) is 3.02. The normalized spacial score (nSPS) is 16.9. The number of aliphatic hydroxyl groups excluding tert-OH is 1. The molecule has 2 amide bonds. The summed E-state index contributed by atoms with van der Waals surface area (Å²) in [4.78, 5) is 25.0. The van der Waals surface area contributed by atoms with E-state index in [1.165, 1.54) is 6.92 Å². The van der Waals surface area contributed by atoms with Gasteiger partial charge in [-0.25, -0.2) is 0 Å². The van der Waals surface area contributed by atoms with Crippen LogP contribution in [0.4, 0.5) is 0 Å². The van der Waals surface area contributed by atoms with E-state index in [0.29, 0.717) is 0 Å². The van der Waals surface area contributed by atoms with Crippen molar-refractivity contribution in [1.82, 2.24) is 10.6 Å². The molecule has 2 aromatic rings. The van der Waals surface area contributed by atoms with Crippen LogP contribution in [0.1, 0.15) is 42.5 Å². The Bertz CT molecular complexity index is 783. The zero-order valence-corrected chi connectivity index (χ0v) is 15.7. The maximum atomic E-state index is 12.9. The molecule has 0 aromatic heterocycles. The molecule has 27 heavy (non-hydrogen) atoms. The molecule has 1 fully saturated rings. The molecule has 3 N–H and O–H groups in total. The summed E-state index contributed by atoms with van der Waals surface area (Å²) in [7, 11) is 0. The first-order valence-corrected chi connectivity index (χ1v) is 9.36. The number of aryl methyl sites for hydroxylation is 1. The van der Waals surface area contributed by atoms with Crippen molar-refractivity contribution >= 4 is 11.8 Å². The molecule has 1 saturated carbocycles. The number of aliphatic hydroxyl groups is 1. The van der Waals surface area contributed by atoms with Crippen LogP contribution in [0.15, 0.2) is 54.6 Å². The Kier molecular flexibility index (Phi) is 5.91. The highest BCUT2D eigenvalue weighted by atomic mass is 16.3. The van der Waals surface area contributed by atoms with Gasteiger partial charge < -0.3 is 15.7 Å². The number of benzene rings is 2. The minimum Gasteiger partial charge on any atom is -0.391 e. The van der Waals surface area contributed by atoms with Crippen LogP contribution in [0.3, 0.4) is 0 Å². The van der Waals surface area contributed by atoms with Crippen molar-refractivity contribution in [1.29, 1.82) is 0 Å². The summed E-state index contributed by atoms with van der Waals surface area (Å²) < 4.78 is 0. The third kappa shape index (κ3) is 4.95. The van der Waals surface area contributed by atoms with E-state index in [4.69, 9.17) is 0 Å². The van der Waals surface area contributed by atoms with E-state index in [2.05, 4.69) is 10.6 Å². The summed E-state index contributed by atoms with van der Waals surface area (Å²) >= 11 is 0. The third-order valence-corrected chi connectivity index (χ3v) is 4.84. The molecule has 0 radical (unpaired) electrons. The van der Waals surface area contributed by atoms with Gasteiger partial charge in [0.2, 0.25) is 11.8 Å². The number of amides is 2. The lowest BCUT2D eigenvalue weighted by Gasteiger charge is -2.26. The Morgan fingerprint density at radius 3 is 2.11 bits per heavy atom. The van der Waals surface area contributed by atoms with Crippen molar-refractivity contribution < 1.29 is 14.7 Å². The molecule has 3 rings (SSSR count). The highest BCUT2D eigenvalue weighted by Crippen LogP contribution is 2.29.